The minimum atomic E-state index is 0.529. The molecule has 0 N–H and O–H groups in total. The number of thiol groups is 1. The Bertz CT molecular complexity index is 558. The third-order valence-electron chi connectivity index (χ3n) is 4.38. The van der Waals surface area contributed by atoms with Crippen LogP contribution >= 0.6 is 12.6 Å². The SMILES string of the molecule is SCC1CN(Cc2ccccc2)CCN1Cc1ccccc1. The maximum absolute atomic E-state index is 4.59. The molecule has 2 aromatic carbocycles. The summed E-state index contributed by atoms with van der Waals surface area (Å²) in [4.78, 5) is 5.13. The van der Waals surface area contributed by atoms with E-state index in [4.69, 9.17) is 0 Å². The molecule has 2 nitrogen and oxygen atoms in total. The highest BCUT2D eigenvalue weighted by Crippen LogP contribution is 2.17. The number of benzene rings is 2. The summed E-state index contributed by atoms with van der Waals surface area (Å²) in [6.07, 6.45) is 0. The molecular weight excluding hydrogens is 288 g/mol. The van der Waals surface area contributed by atoms with E-state index >= 15 is 0 Å². The Kier molecular flexibility index (Phi) is 5.54. The molecule has 1 heterocycles. The monoisotopic (exact) mass is 312 g/mol. The van der Waals surface area contributed by atoms with E-state index in [0.717, 1.165) is 38.5 Å². The van der Waals surface area contributed by atoms with E-state index in [2.05, 4.69) is 83.1 Å². The van der Waals surface area contributed by atoms with Gasteiger partial charge in [0.25, 0.3) is 0 Å². The zero-order valence-corrected chi connectivity index (χ0v) is 13.8. The van der Waals surface area contributed by atoms with Gasteiger partial charge in [-0.3, -0.25) is 9.80 Å². The Morgan fingerprint density at radius 3 is 2.00 bits per heavy atom. The molecule has 1 unspecified atom stereocenters. The molecule has 2 aromatic rings. The minimum Gasteiger partial charge on any atom is -0.296 e. The van der Waals surface area contributed by atoms with Gasteiger partial charge in [-0.1, -0.05) is 60.7 Å². The summed E-state index contributed by atoms with van der Waals surface area (Å²) < 4.78 is 0. The van der Waals surface area contributed by atoms with Crippen LogP contribution in [-0.2, 0) is 13.1 Å². The van der Waals surface area contributed by atoms with Crippen molar-refractivity contribution in [3.05, 3.63) is 71.8 Å². The fourth-order valence-corrected chi connectivity index (χ4v) is 3.49. The van der Waals surface area contributed by atoms with Gasteiger partial charge in [0, 0.05) is 44.5 Å². The topological polar surface area (TPSA) is 6.48 Å². The quantitative estimate of drug-likeness (QED) is 0.846. The largest absolute Gasteiger partial charge is 0.296 e. The molecule has 1 aliphatic heterocycles. The second-order valence-electron chi connectivity index (χ2n) is 6.01. The summed E-state index contributed by atoms with van der Waals surface area (Å²) >= 11 is 4.59. The summed E-state index contributed by atoms with van der Waals surface area (Å²) in [5.74, 6) is 0.915. The third-order valence-corrected chi connectivity index (χ3v) is 4.80. The second kappa shape index (κ2) is 7.82. The predicted octanol–water partition coefficient (Wildman–Crippen LogP) is 3.30. The van der Waals surface area contributed by atoms with Crippen molar-refractivity contribution in [3.8, 4) is 0 Å². The fraction of sp³-hybridized carbons (Fsp3) is 0.368. The summed E-state index contributed by atoms with van der Waals surface area (Å²) in [7, 11) is 0. The van der Waals surface area contributed by atoms with E-state index in [9.17, 15) is 0 Å². The lowest BCUT2D eigenvalue weighted by Gasteiger charge is -2.41. The lowest BCUT2D eigenvalue weighted by Crippen LogP contribution is -2.53. The number of nitrogens with zero attached hydrogens (tertiary/aromatic N) is 2. The first kappa shape index (κ1) is 15.6. The van der Waals surface area contributed by atoms with Crippen LogP contribution in [0, 0.1) is 0 Å². The number of piperazine rings is 1. The molecule has 22 heavy (non-hydrogen) atoms. The van der Waals surface area contributed by atoms with Gasteiger partial charge in [-0.05, 0) is 11.1 Å². The van der Waals surface area contributed by atoms with Crippen molar-refractivity contribution < 1.29 is 0 Å². The second-order valence-corrected chi connectivity index (χ2v) is 6.38. The molecular formula is C19H24N2S. The van der Waals surface area contributed by atoms with Crippen molar-refractivity contribution in [1.82, 2.24) is 9.80 Å². The maximum Gasteiger partial charge on any atom is 0.0315 e. The van der Waals surface area contributed by atoms with E-state index < -0.39 is 0 Å². The van der Waals surface area contributed by atoms with Crippen LogP contribution in [0.25, 0.3) is 0 Å². The van der Waals surface area contributed by atoms with Crippen LogP contribution in [0.5, 0.6) is 0 Å². The van der Waals surface area contributed by atoms with Gasteiger partial charge in [-0.2, -0.15) is 12.6 Å². The molecule has 0 bridgehead atoms. The molecule has 116 valence electrons. The van der Waals surface area contributed by atoms with E-state index in [1.807, 2.05) is 0 Å². The number of hydrogen-bond donors (Lipinski definition) is 1. The highest BCUT2D eigenvalue weighted by molar-refractivity contribution is 7.80. The Morgan fingerprint density at radius 2 is 1.41 bits per heavy atom. The molecule has 0 aromatic heterocycles. The Labute approximate surface area is 139 Å². The van der Waals surface area contributed by atoms with Gasteiger partial charge in [-0.25, -0.2) is 0 Å². The van der Waals surface area contributed by atoms with Gasteiger partial charge >= 0.3 is 0 Å². The van der Waals surface area contributed by atoms with Crippen molar-refractivity contribution in [1.29, 1.82) is 0 Å². The van der Waals surface area contributed by atoms with Crippen LogP contribution in [0.4, 0.5) is 0 Å². The van der Waals surface area contributed by atoms with Crippen molar-refractivity contribution in [2.75, 3.05) is 25.4 Å². The summed E-state index contributed by atoms with van der Waals surface area (Å²) in [5, 5.41) is 0. The molecule has 1 atom stereocenters. The Hall–Kier alpha value is -1.29. The molecule has 0 radical (unpaired) electrons. The molecule has 0 saturated carbocycles. The van der Waals surface area contributed by atoms with Crippen molar-refractivity contribution in [2.24, 2.45) is 0 Å². The number of rotatable bonds is 5. The lowest BCUT2D eigenvalue weighted by molar-refractivity contribution is 0.0758. The molecule has 1 fully saturated rings. The summed E-state index contributed by atoms with van der Waals surface area (Å²) in [6, 6.07) is 22.0. The van der Waals surface area contributed by atoms with E-state index in [-0.39, 0.29) is 0 Å². The lowest BCUT2D eigenvalue weighted by atomic mass is 10.1. The van der Waals surface area contributed by atoms with Gasteiger partial charge in [0.15, 0.2) is 0 Å². The predicted molar refractivity (Wildman–Crippen MR) is 96.2 cm³/mol. The first-order valence-corrected chi connectivity index (χ1v) is 8.63. The van der Waals surface area contributed by atoms with Crippen LogP contribution in [0.1, 0.15) is 11.1 Å². The van der Waals surface area contributed by atoms with Gasteiger partial charge < -0.3 is 0 Å². The summed E-state index contributed by atoms with van der Waals surface area (Å²) in [6.45, 7) is 5.43. The maximum atomic E-state index is 4.59. The average molecular weight is 312 g/mol. The first-order valence-electron chi connectivity index (χ1n) is 8.00. The smallest absolute Gasteiger partial charge is 0.0315 e. The van der Waals surface area contributed by atoms with E-state index in [1.54, 1.807) is 0 Å². The van der Waals surface area contributed by atoms with Gasteiger partial charge in [-0.15, -0.1) is 0 Å². The zero-order chi connectivity index (χ0) is 15.2. The molecule has 0 aliphatic carbocycles. The molecule has 0 spiro atoms. The molecule has 1 aliphatic rings. The normalized spacial score (nSPS) is 20.1. The van der Waals surface area contributed by atoms with E-state index in [0.29, 0.717) is 6.04 Å². The molecule has 3 heteroatoms. The average Bonchev–Trinajstić information content (AvgIpc) is 2.58. The van der Waals surface area contributed by atoms with Crippen LogP contribution in [0.15, 0.2) is 60.7 Å². The Morgan fingerprint density at radius 1 is 0.818 bits per heavy atom. The van der Waals surface area contributed by atoms with Crippen molar-refractivity contribution >= 4 is 12.6 Å². The highest BCUT2D eigenvalue weighted by Gasteiger charge is 2.25. The van der Waals surface area contributed by atoms with Crippen LogP contribution in [0.2, 0.25) is 0 Å². The Balaban J connectivity index is 1.59. The van der Waals surface area contributed by atoms with Crippen LogP contribution < -0.4 is 0 Å². The molecule has 0 amide bonds. The fourth-order valence-electron chi connectivity index (χ4n) is 3.14. The number of hydrogen-bond acceptors (Lipinski definition) is 3. The standard InChI is InChI=1S/C19H24N2S/c22-16-19-15-20(13-17-7-3-1-4-8-17)11-12-21(19)14-18-9-5-2-6-10-18/h1-10,19,22H,11-16H2. The van der Waals surface area contributed by atoms with Gasteiger partial charge in [0.2, 0.25) is 0 Å². The van der Waals surface area contributed by atoms with Crippen molar-refractivity contribution in [3.63, 3.8) is 0 Å². The highest BCUT2D eigenvalue weighted by atomic mass is 32.1. The van der Waals surface area contributed by atoms with Gasteiger partial charge in [0.05, 0.1) is 0 Å². The van der Waals surface area contributed by atoms with E-state index in [1.165, 1.54) is 11.1 Å². The van der Waals surface area contributed by atoms with Gasteiger partial charge in [0.1, 0.15) is 0 Å². The zero-order valence-electron chi connectivity index (χ0n) is 12.9. The van der Waals surface area contributed by atoms with Crippen molar-refractivity contribution in [2.45, 2.75) is 19.1 Å². The van der Waals surface area contributed by atoms with Crippen LogP contribution in [0.3, 0.4) is 0 Å². The minimum absolute atomic E-state index is 0.529. The molecule has 1 saturated heterocycles. The summed E-state index contributed by atoms with van der Waals surface area (Å²) in [5.41, 5.74) is 2.79. The van der Waals surface area contributed by atoms with Crippen LogP contribution in [-0.4, -0.2) is 41.2 Å². The molecule has 3 rings (SSSR count). The third kappa shape index (κ3) is 4.13. The first-order chi connectivity index (χ1) is 10.8.